The third-order valence-electron chi connectivity index (χ3n) is 2.62. The van der Waals surface area contributed by atoms with Crippen molar-refractivity contribution < 1.29 is 9.47 Å². The largest absolute Gasteiger partial charge is 0.475 e. The molecule has 0 amide bonds. The van der Waals surface area contributed by atoms with Crippen molar-refractivity contribution in [2.75, 3.05) is 29.9 Å². The highest BCUT2D eigenvalue weighted by atomic mass is 79.9. The molecule has 1 saturated heterocycles. The van der Waals surface area contributed by atoms with Crippen LogP contribution in [0.25, 0.3) is 0 Å². The molecule has 18 heavy (non-hydrogen) atoms. The number of ether oxygens (including phenoxy) is 2. The molecule has 1 aliphatic heterocycles. The number of nitrogens with zero attached hydrogens (tertiary/aromatic N) is 3. The van der Waals surface area contributed by atoms with Gasteiger partial charge in [0.15, 0.2) is 0 Å². The molecule has 2 rings (SSSR count). The fraction of sp³-hybridized carbons (Fsp3) is 0.667. The van der Waals surface area contributed by atoms with Gasteiger partial charge in [0.25, 0.3) is 0 Å². The molecular formula is C12H18BrN3O2. The highest BCUT2D eigenvalue weighted by molar-refractivity contribution is 9.09. The van der Waals surface area contributed by atoms with Crippen LogP contribution in [-0.4, -0.2) is 47.2 Å². The molecule has 1 aromatic rings. The molecule has 6 heteroatoms. The van der Waals surface area contributed by atoms with Crippen molar-refractivity contribution in [1.82, 2.24) is 9.97 Å². The van der Waals surface area contributed by atoms with Gasteiger partial charge in [0, 0.05) is 24.5 Å². The molecule has 0 radical (unpaired) electrons. The zero-order valence-corrected chi connectivity index (χ0v) is 12.3. The van der Waals surface area contributed by atoms with Crippen molar-refractivity contribution in [3.8, 4) is 5.88 Å². The summed E-state index contributed by atoms with van der Waals surface area (Å²) in [6, 6.07) is 1.89. The first-order valence-corrected chi connectivity index (χ1v) is 7.22. The van der Waals surface area contributed by atoms with Crippen LogP contribution in [0.1, 0.15) is 13.8 Å². The quantitative estimate of drug-likeness (QED) is 0.794. The fourth-order valence-corrected chi connectivity index (χ4v) is 2.22. The smallest absolute Gasteiger partial charge is 0.218 e. The molecule has 1 fully saturated rings. The summed E-state index contributed by atoms with van der Waals surface area (Å²) in [6.45, 7) is 6.38. The first kappa shape index (κ1) is 13.5. The number of alkyl halides is 1. The number of hydrogen-bond acceptors (Lipinski definition) is 5. The standard InChI is InChI=1S/C12H18BrN3O2/c1-9(2)18-12-5-11(14-8-15-12)16-3-4-17-10(6-13)7-16/h5,8-10H,3-4,6-7H2,1-2H3. The van der Waals surface area contributed by atoms with E-state index in [2.05, 4.69) is 30.8 Å². The van der Waals surface area contributed by atoms with E-state index in [-0.39, 0.29) is 12.2 Å². The second-order valence-corrected chi connectivity index (χ2v) is 5.12. The Balaban J connectivity index is 2.07. The van der Waals surface area contributed by atoms with Gasteiger partial charge in [0.1, 0.15) is 12.1 Å². The molecule has 0 N–H and O–H groups in total. The second-order valence-electron chi connectivity index (χ2n) is 4.47. The van der Waals surface area contributed by atoms with Crippen LogP contribution in [-0.2, 0) is 4.74 Å². The Morgan fingerprint density at radius 1 is 1.56 bits per heavy atom. The van der Waals surface area contributed by atoms with Gasteiger partial charge in [0.2, 0.25) is 5.88 Å². The van der Waals surface area contributed by atoms with Gasteiger partial charge in [-0.15, -0.1) is 0 Å². The molecule has 0 saturated carbocycles. The normalized spacial score (nSPS) is 20.2. The number of rotatable bonds is 4. The van der Waals surface area contributed by atoms with E-state index in [0.29, 0.717) is 5.88 Å². The van der Waals surface area contributed by atoms with Crippen LogP contribution in [0.15, 0.2) is 12.4 Å². The van der Waals surface area contributed by atoms with Gasteiger partial charge in [-0.3, -0.25) is 0 Å². The number of anilines is 1. The van der Waals surface area contributed by atoms with Gasteiger partial charge in [-0.2, -0.15) is 0 Å². The van der Waals surface area contributed by atoms with E-state index >= 15 is 0 Å². The topological polar surface area (TPSA) is 47.5 Å². The lowest BCUT2D eigenvalue weighted by molar-refractivity contribution is 0.0567. The number of aromatic nitrogens is 2. The minimum atomic E-state index is 0.118. The van der Waals surface area contributed by atoms with Crippen molar-refractivity contribution in [3.63, 3.8) is 0 Å². The minimum Gasteiger partial charge on any atom is -0.475 e. The third-order valence-corrected chi connectivity index (χ3v) is 3.34. The Hall–Kier alpha value is -0.880. The lowest BCUT2D eigenvalue weighted by Crippen LogP contribution is -2.43. The molecule has 5 nitrogen and oxygen atoms in total. The zero-order chi connectivity index (χ0) is 13.0. The molecule has 0 aromatic carbocycles. The number of morpholine rings is 1. The second kappa shape index (κ2) is 6.33. The summed E-state index contributed by atoms with van der Waals surface area (Å²) in [4.78, 5) is 10.6. The van der Waals surface area contributed by atoms with Crippen molar-refractivity contribution in [3.05, 3.63) is 12.4 Å². The highest BCUT2D eigenvalue weighted by Crippen LogP contribution is 2.19. The Kier molecular flexibility index (Phi) is 4.77. The summed E-state index contributed by atoms with van der Waals surface area (Å²) < 4.78 is 11.2. The Bertz CT molecular complexity index is 389. The van der Waals surface area contributed by atoms with E-state index in [1.54, 1.807) is 6.33 Å². The number of halogens is 1. The van der Waals surface area contributed by atoms with Crippen LogP contribution in [0.4, 0.5) is 5.82 Å². The van der Waals surface area contributed by atoms with Gasteiger partial charge >= 0.3 is 0 Å². The van der Waals surface area contributed by atoms with E-state index in [0.717, 1.165) is 30.8 Å². The molecule has 1 unspecified atom stereocenters. The van der Waals surface area contributed by atoms with Gasteiger partial charge in [-0.05, 0) is 13.8 Å². The van der Waals surface area contributed by atoms with Gasteiger partial charge in [-0.25, -0.2) is 9.97 Å². The molecule has 0 bridgehead atoms. The predicted molar refractivity (Wildman–Crippen MR) is 73.5 cm³/mol. The molecule has 2 heterocycles. The van der Waals surface area contributed by atoms with Crippen molar-refractivity contribution in [2.24, 2.45) is 0 Å². The van der Waals surface area contributed by atoms with E-state index < -0.39 is 0 Å². The fourth-order valence-electron chi connectivity index (χ4n) is 1.83. The van der Waals surface area contributed by atoms with Crippen LogP contribution >= 0.6 is 15.9 Å². The molecule has 1 atom stereocenters. The first-order valence-electron chi connectivity index (χ1n) is 6.10. The summed E-state index contributed by atoms with van der Waals surface area (Å²) in [5.74, 6) is 1.52. The third kappa shape index (κ3) is 3.55. The SMILES string of the molecule is CC(C)Oc1cc(N2CCOC(CBr)C2)ncn1. The monoisotopic (exact) mass is 315 g/mol. The predicted octanol–water partition coefficient (Wildman–Crippen LogP) is 1.86. The molecule has 1 aliphatic rings. The van der Waals surface area contributed by atoms with E-state index in [1.165, 1.54) is 0 Å². The Morgan fingerprint density at radius 3 is 3.11 bits per heavy atom. The van der Waals surface area contributed by atoms with Crippen LogP contribution in [0.2, 0.25) is 0 Å². The van der Waals surface area contributed by atoms with E-state index in [9.17, 15) is 0 Å². The minimum absolute atomic E-state index is 0.118. The lowest BCUT2D eigenvalue weighted by atomic mass is 10.3. The Morgan fingerprint density at radius 2 is 2.39 bits per heavy atom. The molecule has 1 aromatic heterocycles. The summed E-state index contributed by atoms with van der Waals surface area (Å²) in [7, 11) is 0. The lowest BCUT2D eigenvalue weighted by Gasteiger charge is -2.32. The summed E-state index contributed by atoms with van der Waals surface area (Å²) in [5.41, 5.74) is 0. The first-order chi connectivity index (χ1) is 8.69. The van der Waals surface area contributed by atoms with Crippen LogP contribution in [0.5, 0.6) is 5.88 Å². The van der Waals surface area contributed by atoms with Crippen LogP contribution < -0.4 is 9.64 Å². The average Bonchev–Trinajstić information content (AvgIpc) is 2.38. The van der Waals surface area contributed by atoms with Gasteiger partial charge in [-0.1, -0.05) is 15.9 Å². The van der Waals surface area contributed by atoms with Crippen molar-refractivity contribution in [2.45, 2.75) is 26.1 Å². The Labute approximate surface area is 116 Å². The maximum atomic E-state index is 5.61. The molecule has 0 aliphatic carbocycles. The average molecular weight is 316 g/mol. The van der Waals surface area contributed by atoms with Crippen molar-refractivity contribution in [1.29, 1.82) is 0 Å². The van der Waals surface area contributed by atoms with Gasteiger partial charge < -0.3 is 14.4 Å². The molecular weight excluding hydrogens is 298 g/mol. The van der Waals surface area contributed by atoms with E-state index in [1.807, 2.05) is 19.9 Å². The summed E-state index contributed by atoms with van der Waals surface area (Å²) in [5, 5.41) is 0.837. The van der Waals surface area contributed by atoms with Crippen LogP contribution in [0.3, 0.4) is 0 Å². The van der Waals surface area contributed by atoms with Crippen molar-refractivity contribution >= 4 is 21.7 Å². The molecule has 100 valence electrons. The maximum absolute atomic E-state index is 5.61. The maximum Gasteiger partial charge on any atom is 0.218 e. The summed E-state index contributed by atoms with van der Waals surface area (Å²) in [6.07, 6.45) is 1.88. The van der Waals surface area contributed by atoms with Crippen LogP contribution in [0, 0.1) is 0 Å². The van der Waals surface area contributed by atoms with Gasteiger partial charge in [0.05, 0.1) is 18.8 Å². The highest BCUT2D eigenvalue weighted by Gasteiger charge is 2.21. The van der Waals surface area contributed by atoms with E-state index in [4.69, 9.17) is 9.47 Å². The summed E-state index contributed by atoms with van der Waals surface area (Å²) >= 11 is 3.45. The zero-order valence-electron chi connectivity index (χ0n) is 10.7. The molecule has 0 spiro atoms. The number of hydrogen-bond donors (Lipinski definition) is 0.